The van der Waals surface area contributed by atoms with E-state index < -0.39 is 44.9 Å². The van der Waals surface area contributed by atoms with E-state index in [9.17, 15) is 26.3 Å². The number of nitrogens with zero attached hydrogens (tertiary/aromatic N) is 4. The topological polar surface area (TPSA) is 44.9 Å². The monoisotopic (exact) mass is 416 g/mol. The average Bonchev–Trinajstić information content (AvgIpc) is 2.84. The lowest BCUT2D eigenvalue weighted by atomic mass is 10.2. The number of alkyl halides is 6. The molecule has 0 fully saturated rings. The molecule has 2 aromatic rings. The zero-order chi connectivity index (χ0) is 20.0. The second-order valence-corrected chi connectivity index (χ2v) is 6.06. The highest BCUT2D eigenvalue weighted by Gasteiger charge is 2.41. The van der Waals surface area contributed by atoms with E-state index in [0.29, 0.717) is 16.8 Å². The van der Waals surface area contributed by atoms with Gasteiger partial charge < -0.3 is 4.90 Å². The van der Waals surface area contributed by atoms with Gasteiger partial charge in [-0.1, -0.05) is 23.2 Å². The fourth-order valence-electron chi connectivity index (χ4n) is 2.21. The lowest BCUT2D eigenvalue weighted by Crippen LogP contribution is -2.16. The van der Waals surface area contributed by atoms with Crippen LogP contribution in [0.25, 0.3) is 5.69 Å². The van der Waals surface area contributed by atoms with Gasteiger partial charge in [0.15, 0.2) is 11.5 Å². The second kappa shape index (κ2) is 6.55. The molecule has 140 valence electrons. The first-order valence-corrected chi connectivity index (χ1v) is 7.38. The molecular weight excluding hydrogens is 409 g/mol. The Bertz CT molecular complexity index is 870. The zero-order valence-electron chi connectivity index (χ0n) is 13.0. The molecule has 0 amide bonds. The Labute approximate surface area is 153 Å². The first kappa shape index (κ1) is 20.2. The van der Waals surface area contributed by atoms with Crippen molar-refractivity contribution in [2.24, 2.45) is 0 Å². The predicted molar refractivity (Wildman–Crippen MR) is 82.6 cm³/mol. The largest absolute Gasteiger partial charge is 0.436 e. The van der Waals surface area contributed by atoms with E-state index in [0.717, 1.165) is 4.90 Å². The van der Waals surface area contributed by atoms with E-state index in [1.165, 1.54) is 20.2 Å². The number of rotatable bonds is 2. The number of aromatic nitrogens is 2. The van der Waals surface area contributed by atoms with Crippen molar-refractivity contribution in [3.63, 3.8) is 0 Å². The van der Waals surface area contributed by atoms with Gasteiger partial charge in [0, 0.05) is 14.1 Å². The summed E-state index contributed by atoms with van der Waals surface area (Å²) in [4.78, 5) is 1.14. The number of hydrogen-bond acceptors (Lipinski definition) is 3. The van der Waals surface area contributed by atoms with Gasteiger partial charge in [0.25, 0.3) is 0 Å². The Kier molecular flexibility index (Phi) is 5.09. The molecule has 1 aromatic heterocycles. The minimum atomic E-state index is -4.97. The smallest absolute Gasteiger partial charge is 0.362 e. The summed E-state index contributed by atoms with van der Waals surface area (Å²) in [5.41, 5.74) is -3.89. The van der Waals surface area contributed by atoms with Crippen LogP contribution in [-0.2, 0) is 12.4 Å². The van der Waals surface area contributed by atoms with Crippen LogP contribution in [0.5, 0.6) is 0 Å². The molecule has 4 nitrogen and oxygen atoms in total. The molecule has 0 atom stereocenters. The van der Waals surface area contributed by atoms with Crippen molar-refractivity contribution in [1.29, 1.82) is 5.26 Å². The molecule has 0 unspecified atom stereocenters. The minimum absolute atomic E-state index is 0.330. The number of benzene rings is 1. The fourth-order valence-corrected chi connectivity index (χ4v) is 2.86. The van der Waals surface area contributed by atoms with Gasteiger partial charge in [-0.3, -0.25) is 0 Å². The van der Waals surface area contributed by atoms with E-state index in [-0.39, 0.29) is 5.82 Å². The van der Waals surface area contributed by atoms with Gasteiger partial charge in [-0.2, -0.15) is 36.7 Å². The minimum Gasteiger partial charge on any atom is -0.362 e. The van der Waals surface area contributed by atoms with Crippen LogP contribution < -0.4 is 4.90 Å². The van der Waals surface area contributed by atoms with Crippen molar-refractivity contribution in [3.05, 3.63) is 39.0 Å². The molecule has 0 aliphatic rings. The fraction of sp³-hybridized carbons (Fsp3) is 0.286. The Hall–Kier alpha value is -2.12. The van der Waals surface area contributed by atoms with Gasteiger partial charge in [-0.05, 0) is 12.1 Å². The maximum absolute atomic E-state index is 13.2. The lowest BCUT2D eigenvalue weighted by Gasteiger charge is -2.18. The summed E-state index contributed by atoms with van der Waals surface area (Å²) in [5, 5.41) is 11.3. The first-order valence-electron chi connectivity index (χ1n) is 6.63. The molecule has 0 aliphatic carbocycles. The molecule has 0 radical (unpaired) electrons. The highest BCUT2D eigenvalue weighted by Crippen LogP contribution is 2.41. The van der Waals surface area contributed by atoms with Crippen molar-refractivity contribution in [3.8, 4) is 11.8 Å². The van der Waals surface area contributed by atoms with E-state index in [2.05, 4.69) is 5.10 Å². The van der Waals surface area contributed by atoms with Crippen molar-refractivity contribution >= 4 is 29.0 Å². The number of hydrogen-bond donors (Lipinski definition) is 0. The van der Waals surface area contributed by atoms with Crippen LogP contribution in [0.1, 0.15) is 16.8 Å². The summed E-state index contributed by atoms with van der Waals surface area (Å²) in [6.07, 6.45) is -9.72. The van der Waals surface area contributed by atoms with Gasteiger partial charge in [0.2, 0.25) is 0 Å². The SMILES string of the molecule is CN(C)c1c(C#N)c(C(F)(F)F)nn1-c1c(Cl)cc(C(F)(F)F)cc1Cl. The van der Waals surface area contributed by atoms with Crippen molar-refractivity contribution in [2.45, 2.75) is 12.4 Å². The highest BCUT2D eigenvalue weighted by molar-refractivity contribution is 6.38. The lowest BCUT2D eigenvalue weighted by molar-refractivity contribution is -0.141. The molecule has 1 heterocycles. The van der Waals surface area contributed by atoms with E-state index in [4.69, 9.17) is 28.5 Å². The van der Waals surface area contributed by atoms with Crippen LogP contribution >= 0.6 is 23.2 Å². The molecule has 2 rings (SSSR count). The van der Waals surface area contributed by atoms with E-state index in [1.807, 2.05) is 0 Å². The third kappa shape index (κ3) is 3.54. The average molecular weight is 417 g/mol. The first-order chi connectivity index (χ1) is 11.8. The van der Waals surface area contributed by atoms with Gasteiger partial charge >= 0.3 is 12.4 Å². The summed E-state index contributed by atoms with van der Waals surface area (Å²) in [7, 11) is 2.67. The van der Waals surface area contributed by atoms with Crippen LogP contribution in [0.15, 0.2) is 12.1 Å². The highest BCUT2D eigenvalue weighted by atomic mass is 35.5. The molecular formula is C14H8Cl2F6N4. The normalized spacial score (nSPS) is 12.2. The van der Waals surface area contributed by atoms with Crippen LogP contribution in [0.3, 0.4) is 0 Å². The van der Waals surface area contributed by atoms with Gasteiger partial charge in [0.05, 0.1) is 15.6 Å². The predicted octanol–water partition coefficient (Wildman–Crippen LogP) is 5.15. The summed E-state index contributed by atoms with van der Waals surface area (Å²) < 4.78 is 78.6. The third-order valence-electron chi connectivity index (χ3n) is 3.22. The van der Waals surface area contributed by atoms with Gasteiger partial charge in [-0.25, -0.2) is 4.68 Å². The summed E-state index contributed by atoms with van der Waals surface area (Å²) >= 11 is 11.7. The Morgan fingerprint density at radius 2 is 1.54 bits per heavy atom. The maximum atomic E-state index is 13.2. The Morgan fingerprint density at radius 3 is 1.88 bits per heavy atom. The van der Waals surface area contributed by atoms with E-state index in [1.54, 1.807) is 0 Å². The summed E-state index contributed by atoms with van der Waals surface area (Å²) in [6, 6.07) is 2.44. The maximum Gasteiger partial charge on any atom is 0.436 e. The number of anilines is 1. The standard InChI is InChI=1S/C14H8Cl2F6N4/c1-25(2)12-7(5-23)11(14(20,21)22)24-26(12)10-8(15)3-6(4-9(10)16)13(17,18)19/h3-4H,1-2H3. The molecule has 1 aromatic carbocycles. The molecule has 0 saturated carbocycles. The molecule has 0 spiro atoms. The molecule has 0 saturated heterocycles. The van der Waals surface area contributed by atoms with Gasteiger partial charge in [-0.15, -0.1) is 0 Å². The Morgan fingerprint density at radius 1 is 1.04 bits per heavy atom. The molecule has 0 aliphatic heterocycles. The van der Waals surface area contributed by atoms with Crippen LogP contribution in [0.4, 0.5) is 32.2 Å². The Balaban J connectivity index is 2.86. The summed E-state index contributed by atoms with van der Waals surface area (Å²) in [6.45, 7) is 0. The van der Waals surface area contributed by atoms with Crippen LogP contribution in [0.2, 0.25) is 10.0 Å². The molecule has 0 bridgehead atoms. The number of nitriles is 1. The van der Waals surface area contributed by atoms with Crippen LogP contribution in [0, 0.1) is 11.3 Å². The molecule has 0 N–H and O–H groups in total. The molecule has 12 heteroatoms. The van der Waals surface area contributed by atoms with Crippen LogP contribution in [-0.4, -0.2) is 23.9 Å². The zero-order valence-corrected chi connectivity index (χ0v) is 14.5. The van der Waals surface area contributed by atoms with E-state index >= 15 is 0 Å². The summed E-state index contributed by atoms with van der Waals surface area (Å²) in [5.74, 6) is -0.330. The van der Waals surface area contributed by atoms with Gasteiger partial charge in [0.1, 0.15) is 17.3 Å². The number of halogens is 8. The quantitative estimate of drug-likeness (QED) is 0.635. The van der Waals surface area contributed by atoms with Crippen molar-refractivity contribution in [2.75, 3.05) is 19.0 Å². The third-order valence-corrected chi connectivity index (χ3v) is 3.80. The molecule has 26 heavy (non-hydrogen) atoms. The van der Waals surface area contributed by atoms with Crippen molar-refractivity contribution in [1.82, 2.24) is 9.78 Å². The second-order valence-electron chi connectivity index (χ2n) is 5.25. The van der Waals surface area contributed by atoms with Crippen molar-refractivity contribution < 1.29 is 26.3 Å².